The molecule has 1 aliphatic heterocycles. The maximum atomic E-state index is 8.36. The first-order valence-electron chi connectivity index (χ1n) is 10.0. The van der Waals surface area contributed by atoms with E-state index in [9.17, 15) is 0 Å². The molecule has 2 N–H and O–H groups in total. The molecule has 1 saturated heterocycles. The highest BCUT2D eigenvalue weighted by molar-refractivity contribution is 5.59. The van der Waals surface area contributed by atoms with E-state index < -0.39 is 0 Å². The van der Waals surface area contributed by atoms with E-state index in [0.717, 1.165) is 48.9 Å². The molecule has 0 amide bonds. The molecule has 0 bridgehead atoms. The zero-order chi connectivity index (χ0) is 24.1. The highest BCUT2D eigenvalue weighted by Crippen LogP contribution is 2.27. The highest BCUT2D eigenvalue weighted by Gasteiger charge is 2.20. The summed E-state index contributed by atoms with van der Waals surface area (Å²) in [5.41, 5.74) is 2.07. The minimum absolute atomic E-state index is 0.171. The van der Waals surface area contributed by atoms with Gasteiger partial charge in [0.2, 0.25) is 0 Å². The van der Waals surface area contributed by atoms with Crippen LogP contribution in [0.15, 0.2) is 43.2 Å². The van der Waals surface area contributed by atoms with Gasteiger partial charge in [0.25, 0.3) is 12.9 Å². The molecule has 3 heterocycles. The molecule has 1 fully saturated rings. The van der Waals surface area contributed by atoms with Crippen molar-refractivity contribution in [3.8, 4) is 17.1 Å². The van der Waals surface area contributed by atoms with Crippen LogP contribution in [-0.2, 0) is 27.4 Å². The average molecular weight is 460 g/mol. The van der Waals surface area contributed by atoms with Gasteiger partial charge in [-0.2, -0.15) is 5.10 Å². The lowest BCUT2D eigenvalue weighted by molar-refractivity contribution is -0.123. The molecule has 4 rings (SSSR count). The number of hydrogen-bond donors (Lipinski definition) is 2. The molecule has 12 heteroatoms. The molecule has 1 aromatic carbocycles. The van der Waals surface area contributed by atoms with E-state index in [-0.39, 0.29) is 19.0 Å². The van der Waals surface area contributed by atoms with E-state index in [2.05, 4.69) is 37.6 Å². The Balaban J connectivity index is 0.000000582. The number of rotatable bonds is 6. The molecule has 178 valence electrons. The Labute approximate surface area is 191 Å². The average Bonchev–Trinajstić information content (AvgIpc) is 3.47. The summed E-state index contributed by atoms with van der Waals surface area (Å²) in [6.07, 6.45) is 7.25. The third kappa shape index (κ3) is 7.70. The van der Waals surface area contributed by atoms with Gasteiger partial charge in [0.05, 0.1) is 32.9 Å². The van der Waals surface area contributed by atoms with Gasteiger partial charge in [-0.05, 0) is 25.2 Å². The molecule has 1 unspecified atom stereocenters. The fourth-order valence-corrected chi connectivity index (χ4v) is 3.44. The van der Waals surface area contributed by atoms with Crippen LogP contribution in [0.25, 0.3) is 11.4 Å². The van der Waals surface area contributed by atoms with Crippen molar-refractivity contribution in [1.82, 2.24) is 29.2 Å². The highest BCUT2D eigenvalue weighted by atomic mass is 16.5. The van der Waals surface area contributed by atoms with Crippen molar-refractivity contribution >= 4 is 12.9 Å². The quantitative estimate of drug-likeness (QED) is 0.510. The summed E-state index contributed by atoms with van der Waals surface area (Å²) in [6, 6.07) is 6.12. The number of morpholine rings is 1. The van der Waals surface area contributed by atoms with Crippen LogP contribution in [0, 0.1) is 0 Å². The Hall–Kier alpha value is -3.77. The Bertz CT molecular complexity index is 972. The summed E-state index contributed by atoms with van der Waals surface area (Å²) in [5, 5.41) is 18.0. The van der Waals surface area contributed by atoms with Crippen LogP contribution in [0.2, 0.25) is 0 Å². The van der Waals surface area contributed by atoms with Crippen LogP contribution in [0.1, 0.15) is 5.56 Å². The standard InChI is InChI=1S/C19H24N6O2.2CH2O2/c1-23-7-8-27-17(11-23)12-24-6-5-21-19(24)15-3-4-18(26-2)16(9-15)10-25-14-20-13-22-25;2*2-1-3/h3-6,9,13-14,17H,7-8,10-12H2,1-2H3;2*1H,(H,2,3). The first-order valence-corrected chi connectivity index (χ1v) is 10.0. The molecule has 3 aromatic rings. The fraction of sp³-hybridized carbons (Fsp3) is 0.381. The minimum atomic E-state index is -0.250. The van der Waals surface area contributed by atoms with Gasteiger partial charge in [-0.3, -0.25) is 9.59 Å². The van der Waals surface area contributed by atoms with Crippen LogP contribution >= 0.6 is 0 Å². The molecule has 0 aliphatic carbocycles. The zero-order valence-corrected chi connectivity index (χ0v) is 18.5. The SMILES string of the molecule is COc1ccc(-c2nccn2CC2CN(C)CCO2)cc1Cn1cncn1.O=CO.O=CO. The summed E-state index contributed by atoms with van der Waals surface area (Å²) in [7, 11) is 3.81. The van der Waals surface area contributed by atoms with E-state index in [1.807, 2.05) is 24.5 Å². The second-order valence-electron chi connectivity index (χ2n) is 6.99. The number of imidazole rings is 1. The summed E-state index contributed by atoms with van der Waals surface area (Å²) >= 11 is 0. The number of carbonyl (C=O) groups is 2. The molecular weight excluding hydrogens is 432 g/mol. The Morgan fingerprint density at radius 3 is 2.67 bits per heavy atom. The van der Waals surface area contributed by atoms with E-state index in [0.29, 0.717) is 6.54 Å². The number of hydrogen-bond acceptors (Lipinski definition) is 8. The number of aromatic nitrogens is 5. The molecular formula is C21H28N6O6. The van der Waals surface area contributed by atoms with Crippen LogP contribution < -0.4 is 4.74 Å². The summed E-state index contributed by atoms with van der Waals surface area (Å²) < 4.78 is 15.4. The topological polar surface area (TPSA) is 145 Å². The molecule has 33 heavy (non-hydrogen) atoms. The van der Waals surface area contributed by atoms with Gasteiger partial charge >= 0.3 is 0 Å². The maximum Gasteiger partial charge on any atom is 0.290 e. The summed E-state index contributed by atoms with van der Waals surface area (Å²) in [6.45, 7) is 3.56. The predicted molar refractivity (Wildman–Crippen MR) is 118 cm³/mol. The minimum Gasteiger partial charge on any atom is -0.496 e. The predicted octanol–water partition coefficient (Wildman–Crippen LogP) is 0.931. The normalized spacial score (nSPS) is 15.4. The lowest BCUT2D eigenvalue weighted by Crippen LogP contribution is -2.41. The Kier molecular flexibility index (Phi) is 10.5. The summed E-state index contributed by atoms with van der Waals surface area (Å²) in [4.78, 5) is 27.6. The van der Waals surface area contributed by atoms with Crippen LogP contribution in [0.3, 0.4) is 0 Å². The van der Waals surface area contributed by atoms with Crippen molar-refractivity contribution in [3.63, 3.8) is 0 Å². The molecule has 1 aliphatic rings. The van der Waals surface area contributed by atoms with Crippen molar-refractivity contribution in [2.45, 2.75) is 19.2 Å². The third-order valence-corrected chi connectivity index (χ3v) is 4.80. The van der Waals surface area contributed by atoms with Gasteiger partial charge in [-0.1, -0.05) is 0 Å². The maximum absolute atomic E-state index is 8.36. The van der Waals surface area contributed by atoms with E-state index in [4.69, 9.17) is 29.3 Å². The second-order valence-corrected chi connectivity index (χ2v) is 6.99. The van der Waals surface area contributed by atoms with E-state index in [1.54, 1.807) is 18.1 Å². The smallest absolute Gasteiger partial charge is 0.290 e. The van der Waals surface area contributed by atoms with Gasteiger partial charge in [0.1, 0.15) is 24.2 Å². The van der Waals surface area contributed by atoms with Crippen molar-refractivity contribution in [1.29, 1.82) is 0 Å². The lowest BCUT2D eigenvalue weighted by Gasteiger charge is -2.30. The second kappa shape index (κ2) is 13.6. The number of ether oxygens (including phenoxy) is 2. The van der Waals surface area contributed by atoms with Crippen molar-refractivity contribution in [2.75, 3.05) is 33.9 Å². The zero-order valence-electron chi connectivity index (χ0n) is 18.5. The van der Waals surface area contributed by atoms with Crippen LogP contribution in [-0.4, -0.2) is 92.3 Å². The Morgan fingerprint density at radius 1 is 1.27 bits per heavy atom. The monoisotopic (exact) mass is 460 g/mol. The number of benzene rings is 1. The number of likely N-dealkylation sites (N-methyl/N-ethyl adjacent to an activating group) is 1. The summed E-state index contributed by atoms with van der Waals surface area (Å²) in [5.74, 6) is 1.75. The number of carboxylic acid groups (broad SMARTS) is 2. The Morgan fingerprint density at radius 2 is 2.03 bits per heavy atom. The van der Waals surface area contributed by atoms with Crippen molar-refractivity contribution < 1.29 is 29.3 Å². The molecule has 0 radical (unpaired) electrons. The first-order chi connectivity index (χ1) is 16.1. The van der Waals surface area contributed by atoms with Gasteiger partial charge < -0.3 is 29.2 Å². The number of methoxy groups -OCH3 is 1. The first kappa shape index (κ1) is 25.5. The van der Waals surface area contributed by atoms with Crippen molar-refractivity contribution in [3.05, 3.63) is 48.8 Å². The largest absolute Gasteiger partial charge is 0.496 e. The number of nitrogens with zero attached hydrogens (tertiary/aromatic N) is 6. The van der Waals surface area contributed by atoms with E-state index >= 15 is 0 Å². The molecule has 1 atom stereocenters. The van der Waals surface area contributed by atoms with E-state index in [1.165, 1.54) is 6.33 Å². The lowest BCUT2D eigenvalue weighted by atomic mass is 10.1. The van der Waals surface area contributed by atoms with Gasteiger partial charge in [0, 0.05) is 36.6 Å². The molecule has 0 saturated carbocycles. The third-order valence-electron chi connectivity index (χ3n) is 4.80. The molecule has 2 aromatic heterocycles. The van der Waals surface area contributed by atoms with Crippen molar-refractivity contribution in [2.24, 2.45) is 0 Å². The van der Waals surface area contributed by atoms with Gasteiger partial charge in [-0.15, -0.1) is 0 Å². The van der Waals surface area contributed by atoms with Gasteiger partial charge in [0.15, 0.2) is 0 Å². The van der Waals surface area contributed by atoms with Crippen LogP contribution in [0.5, 0.6) is 5.75 Å². The van der Waals surface area contributed by atoms with Gasteiger partial charge in [-0.25, -0.2) is 14.6 Å². The van der Waals surface area contributed by atoms with Crippen LogP contribution in [0.4, 0.5) is 0 Å². The molecule has 12 nitrogen and oxygen atoms in total. The molecule has 0 spiro atoms. The fourth-order valence-electron chi connectivity index (χ4n) is 3.44.